The van der Waals surface area contributed by atoms with Crippen LogP contribution in [0.4, 0.5) is 4.79 Å². The van der Waals surface area contributed by atoms with E-state index in [9.17, 15) is 4.79 Å². The van der Waals surface area contributed by atoms with Gasteiger partial charge in [-0.2, -0.15) is 0 Å². The van der Waals surface area contributed by atoms with Gasteiger partial charge in [-0.05, 0) is 102 Å². The maximum atomic E-state index is 12.8. The second-order valence-corrected chi connectivity index (χ2v) is 10.8. The Hall–Kier alpha value is -2.73. The number of halogens is 1. The smallest absolute Gasteiger partial charge is 0.410 e. The molecule has 4 rings (SSSR count). The summed E-state index contributed by atoms with van der Waals surface area (Å²) in [5.41, 5.74) is 2.81. The van der Waals surface area contributed by atoms with Crippen molar-refractivity contribution in [3.63, 3.8) is 0 Å². The van der Waals surface area contributed by atoms with E-state index in [-0.39, 0.29) is 12.1 Å². The molecule has 0 spiro atoms. The van der Waals surface area contributed by atoms with Crippen molar-refractivity contribution in [2.45, 2.75) is 84.6 Å². The Balaban J connectivity index is 1.46. The van der Waals surface area contributed by atoms with Gasteiger partial charge < -0.3 is 18.9 Å². The molecule has 2 aromatic carbocycles. The van der Waals surface area contributed by atoms with Gasteiger partial charge in [0, 0.05) is 24.2 Å². The number of piperidine rings is 1. The first-order valence-corrected chi connectivity index (χ1v) is 12.9. The van der Waals surface area contributed by atoms with Crippen molar-refractivity contribution in [1.82, 2.24) is 14.5 Å². The van der Waals surface area contributed by atoms with Crippen LogP contribution in [0.15, 0.2) is 42.5 Å². The van der Waals surface area contributed by atoms with Crippen molar-refractivity contribution in [3.05, 3.63) is 58.9 Å². The van der Waals surface area contributed by atoms with Crippen molar-refractivity contribution < 1.29 is 14.3 Å². The number of carbonyl (C=O) groups is 1. The van der Waals surface area contributed by atoms with E-state index < -0.39 is 5.60 Å². The average molecular weight is 498 g/mol. The molecule has 188 valence electrons. The number of carbonyl (C=O) groups excluding carboxylic acids is 1. The van der Waals surface area contributed by atoms with Crippen molar-refractivity contribution in [2.24, 2.45) is 0 Å². The Morgan fingerprint density at radius 1 is 1.14 bits per heavy atom. The van der Waals surface area contributed by atoms with E-state index in [4.69, 9.17) is 26.1 Å². The summed E-state index contributed by atoms with van der Waals surface area (Å²) in [7, 11) is 0. The summed E-state index contributed by atoms with van der Waals surface area (Å²) in [5, 5.41) is 0.684. The second kappa shape index (κ2) is 10.9. The van der Waals surface area contributed by atoms with Gasteiger partial charge in [0.1, 0.15) is 23.8 Å². The maximum Gasteiger partial charge on any atom is 0.410 e. The Bertz CT molecular complexity index is 1150. The molecular formula is C28H36ClN3O3. The Morgan fingerprint density at radius 2 is 1.91 bits per heavy atom. The zero-order chi connectivity index (χ0) is 25.0. The van der Waals surface area contributed by atoms with Crippen molar-refractivity contribution in [1.29, 1.82) is 0 Å². The third-order valence-corrected chi connectivity index (χ3v) is 6.59. The molecule has 3 aromatic rings. The molecule has 1 saturated heterocycles. The van der Waals surface area contributed by atoms with Crippen LogP contribution in [0.3, 0.4) is 0 Å². The molecule has 0 aliphatic carbocycles. The molecule has 0 radical (unpaired) electrons. The Morgan fingerprint density at radius 3 is 2.66 bits per heavy atom. The summed E-state index contributed by atoms with van der Waals surface area (Å²) < 4.78 is 14.0. The zero-order valence-electron chi connectivity index (χ0n) is 21.2. The molecule has 1 aliphatic heterocycles. The molecule has 1 fully saturated rings. The molecule has 1 aromatic heterocycles. The van der Waals surface area contributed by atoms with E-state index in [1.807, 2.05) is 49.9 Å². The molecule has 0 bridgehead atoms. The highest BCUT2D eigenvalue weighted by atomic mass is 35.5. The summed E-state index contributed by atoms with van der Waals surface area (Å²) >= 11 is 6.00. The van der Waals surface area contributed by atoms with E-state index >= 15 is 0 Å². The van der Waals surface area contributed by atoms with Gasteiger partial charge in [0.05, 0.1) is 11.0 Å². The summed E-state index contributed by atoms with van der Waals surface area (Å²) in [4.78, 5) is 19.6. The van der Waals surface area contributed by atoms with Gasteiger partial charge in [0.2, 0.25) is 0 Å². The lowest BCUT2D eigenvalue weighted by Crippen LogP contribution is -2.46. The summed E-state index contributed by atoms with van der Waals surface area (Å²) in [6.07, 6.45) is 4.89. The van der Waals surface area contributed by atoms with Crippen LogP contribution in [0.25, 0.3) is 11.0 Å². The minimum absolute atomic E-state index is 0.192. The lowest BCUT2D eigenvalue weighted by molar-refractivity contribution is 0.00852. The van der Waals surface area contributed by atoms with Crippen LogP contribution in [0.5, 0.6) is 5.75 Å². The number of hydrogen-bond donors (Lipinski definition) is 0. The number of nitrogens with zero attached hydrogens (tertiary/aromatic N) is 3. The van der Waals surface area contributed by atoms with Crippen molar-refractivity contribution >= 4 is 28.7 Å². The average Bonchev–Trinajstić information content (AvgIpc) is 3.14. The topological polar surface area (TPSA) is 56.6 Å². The molecule has 1 unspecified atom stereocenters. The highest BCUT2D eigenvalue weighted by Gasteiger charge is 2.30. The normalized spacial score (nSPS) is 16.5. The summed E-state index contributed by atoms with van der Waals surface area (Å²) in [6.45, 7) is 9.83. The van der Waals surface area contributed by atoms with Gasteiger partial charge in [-0.15, -0.1) is 0 Å². The first-order valence-electron chi connectivity index (χ1n) is 12.5. The fraction of sp³-hybridized carbons (Fsp3) is 0.500. The third-order valence-electron chi connectivity index (χ3n) is 6.34. The molecule has 0 N–H and O–H groups in total. The predicted octanol–water partition coefficient (Wildman–Crippen LogP) is 7.15. The predicted molar refractivity (Wildman–Crippen MR) is 140 cm³/mol. The van der Waals surface area contributed by atoms with Crippen LogP contribution in [0.1, 0.15) is 64.3 Å². The first kappa shape index (κ1) is 25.4. The van der Waals surface area contributed by atoms with Crippen molar-refractivity contribution in [2.75, 3.05) is 6.54 Å². The lowest BCUT2D eigenvalue weighted by Gasteiger charge is -2.37. The second-order valence-electron chi connectivity index (χ2n) is 10.4. The van der Waals surface area contributed by atoms with Crippen LogP contribution in [-0.4, -0.2) is 38.7 Å². The number of aryl methyl sites for hydroxylation is 2. The first-order chi connectivity index (χ1) is 16.7. The van der Waals surface area contributed by atoms with E-state index in [2.05, 4.69) is 29.7 Å². The van der Waals surface area contributed by atoms with E-state index in [1.54, 1.807) is 0 Å². The Kier molecular flexibility index (Phi) is 7.90. The van der Waals surface area contributed by atoms with Gasteiger partial charge in [-0.1, -0.05) is 17.7 Å². The van der Waals surface area contributed by atoms with Gasteiger partial charge in [0.15, 0.2) is 0 Å². The molecule has 2 heterocycles. The minimum Gasteiger partial charge on any atom is -0.486 e. The molecule has 6 nitrogen and oxygen atoms in total. The molecule has 35 heavy (non-hydrogen) atoms. The van der Waals surface area contributed by atoms with Gasteiger partial charge in [-0.25, -0.2) is 9.78 Å². The quantitative estimate of drug-likeness (QED) is 0.348. The number of ether oxygens (including phenoxy) is 2. The van der Waals surface area contributed by atoms with Crippen molar-refractivity contribution in [3.8, 4) is 5.75 Å². The fourth-order valence-electron chi connectivity index (χ4n) is 4.67. The molecule has 1 amide bonds. The number of hydrogen-bond acceptors (Lipinski definition) is 4. The number of likely N-dealkylation sites (tertiary alicyclic amines) is 1. The fourth-order valence-corrected chi connectivity index (χ4v) is 4.79. The number of rotatable bonds is 7. The largest absolute Gasteiger partial charge is 0.486 e. The number of benzene rings is 2. The standard InChI is InChI=1S/C28H36ClN3O3/c1-20-10-15-24-25(18-20)32(26(30-24)19-34-23-13-11-21(29)12-14-23)17-7-9-22-8-5-6-16-31(22)27(33)35-28(2,3)4/h10-15,18,22H,5-9,16-17,19H2,1-4H3. The highest BCUT2D eigenvalue weighted by molar-refractivity contribution is 6.30. The molecule has 1 aliphatic rings. The third kappa shape index (κ3) is 6.69. The minimum atomic E-state index is -0.481. The number of amides is 1. The van der Waals surface area contributed by atoms with Gasteiger partial charge in [0.25, 0.3) is 0 Å². The monoisotopic (exact) mass is 497 g/mol. The van der Waals surface area contributed by atoms with Crippen LogP contribution in [-0.2, 0) is 17.9 Å². The SMILES string of the molecule is Cc1ccc2nc(COc3ccc(Cl)cc3)n(CCCC3CCCCN3C(=O)OC(C)(C)C)c2c1. The van der Waals surface area contributed by atoms with Gasteiger partial charge >= 0.3 is 6.09 Å². The maximum absolute atomic E-state index is 12.8. The van der Waals surface area contributed by atoms with Crippen LogP contribution >= 0.6 is 11.6 Å². The van der Waals surface area contributed by atoms with E-state index in [1.165, 1.54) is 5.56 Å². The molecule has 7 heteroatoms. The lowest BCUT2D eigenvalue weighted by atomic mass is 9.98. The van der Waals surface area contributed by atoms with Crippen LogP contribution < -0.4 is 4.74 Å². The van der Waals surface area contributed by atoms with Crippen LogP contribution in [0.2, 0.25) is 5.02 Å². The van der Waals surface area contributed by atoms with E-state index in [0.29, 0.717) is 11.6 Å². The molecular weight excluding hydrogens is 462 g/mol. The van der Waals surface area contributed by atoms with E-state index in [0.717, 1.165) is 67.8 Å². The van der Waals surface area contributed by atoms with Gasteiger partial charge in [-0.3, -0.25) is 0 Å². The number of fused-ring (bicyclic) bond motifs is 1. The molecule has 1 atom stereocenters. The Labute approximate surface area is 213 Å². The molecule has 0 saturated carbocycles. The zero-order valence-corrected chi connectivity index (χ0v) is 22.0. The number of imidazole rings is 1. The highest BCUT2D eigenvalue weighted by Crippen LogP contribution is 2.26. The summed E-state index contributed by atoms with van der Waals surface area (Å²) in [6, 6.07) is 13.9. The van der Waals surface area contributed by atoms with Crippen LogP contribution in [0, 0.1) is 6.92 Å². The summed E-state index contributed by atoms with van der Waals surface area (Å²) in [5.74, 6) is 1.66. The number of aromatic nitrogens is 2.